The van der Waals surface area contributed by atoms with Gasteiger partial charge in [-0.15, -0.1) is 0 Å². The first-order valence-electron chi connectivity index (χ1n) is 10.2. The van der Waals surface area contributed by atoms with Crippen molar-refractivity contribution in [1.29, 1.82) is 0 Å². The summed E-state index contributed by atoms with van der Waals surface area (Å²) in [6.45, 7) is 21.6. The van der Waals surface area contributed by atoms with Crippen molar-refractivity contribution in [1.82, 2.24) is 0 Å². The minimum absolute atomic E-state index is 0.612. The predicted octanol–water partition coefficient (Wildman–Crippen LogP) is 6.74. The van der Waals surface area contributed by atoms with Crippen LogP contribution in [0.2, 0.25) is 12.1 Å². The van der Waals surface area contributed by atoms with Crippen molar-refractivity contribution in [2.24, 2.45) is 5.92 Å². The van der Waals surface area contributed by atoms with Gasteiger partial charge in [0.25, 0.3) is 0 Å². The summed E-state index contributed by atoms with van der Waals surface area (Å²) in [5.74, 6) is 0.612. The summed E-state index contributed by atoms with van der Waals surface area (Å²) < 4.78 is 0. The van der Waals surface area contributed by atoms with Crippen LogP contribution in [0.15, 0.2) is 40.1 Å². The summed E-state index contributed by atoms with van der Waals surface area (Å²) in [5, 5.41) is 3.47. The third-order valence-corrected chi connectivity index (χ3v) is 13.1. The van der Waals surface area contributed by atoms with Crippen molar-refractivity contribution < 1.29 is 0 Å². The normalized spacial score (nSPS) is 21.7. The fraction of sp³-hybridized carbons (Fsp3) is 0.583. The fourth-order valence-corrected chi connectivity index (χ4v) is 10.1. The van der Waals surface area contributed by atoms with Gasteiger partial charge in [-0.05, 0) is 61.8 Å². The molecule has 0 fully saturated rings. The number of hydrogen-bond acceptors (Lipinski definition) is 0. The van der Waals surface area contributed by atoms with E-state index in [1.807, 2.05) is 0 Å². The Hall–Kier alpha value is -1.08. The molecule has 0 spiro atoms. The van der Waals surface area contributed by atoms with Crippen LogP contribution in [0.3, 0.4) is 0 Å². The molecule has 1 aromatic carbocycles. The lowest BCUT2D eigenvalue weighted by Crippen LogP contribution is -2.52. The maximum atomic E-state index is 2.65. The molecule has 0 N–H and O–H groups in total. The van der Waals surface area contributed by atoms with E-state index in [9.17, 15) is 0 Å². The summed E-state index contributed by atoms with van der Waals surface area (Å²) in [5.41, 5.74) is 8.53. The average molecular weight is 355 g/mol. The molecule has 2 rings (SSSR count). The molecular formula is C24H38Si. The topological polar surface area (TPSA) is 0 Å². The molecule has 1 aliphatic carbocycles. The highest BCUT2D eigenvalue weighted by atomic mass is 28.3. The zero-order chi connectivity index (χ0) is 18.9. The highest BCUT2D eigenvalue weighted by Gasteiger charge is 2.44. The van der Waals surface area contributed by atoms with Crippen molar-refractivity contribution in [2.45, 2.75) is 86.7 Å². The van der Waals surface area contributed by atoms with Gasteiger partial charge in [0.2, 0.25) is 0 Å². The third kappa shape index (κ3) is 3.32. The van der Waals surface area contributed by atoms with Crippen molar-refractivity contribution >= 4 is 13.3 Å². The highest BCUT2D eigenvalue weighted by molar-refractivity contribution is 6.98. The SMILES string of the molecule is CCc1cc(CC)cc([Si](C)(C2=C(C)C(C)=C(C)C2C)C(C)CC)c1. The molecule has 0 saturated heterocycles. The minimum Gasteiger partial charge on any atom is -0.0657 e. The lowest BCUT2D eigenvalue weighted by molar-refractivity contribution is 0.806. The van der Waals surface area contributed by atoms with Crippen LogP contribution < -0.4 is 5.19 Å². The van der Waals surface area contributed by atoms with Crippen LogP contribution in [-0.2, 0) is 12.8 Å². The van der Waals surface area contributed by atoms with E-state index in [0.717, 1.165) is 18.4 Å². The molecule has 1 aromatic rings. The van der Waals surface area contributed by atoms with Crippen molar-refractivity contribution in [3.8, 4) is 0 Å². The Morgan fingerprint density at radius 2 is 1.44 bits per heavy atom. The number of benzene rings is 1. The van der Waals surface area contributed by atoms with Crippen LogP contribution in [0.5, 0.6) is 0 Å². The van der Waals surface area contributed by atoms with Gasteiger partial charge >= 0.3 is 0 Å². The second-order valence-electron chi connectivity index (χ2n) is 8.33. The Morgan fingerprint density at radius 1 is 0.920 bits per heavy atom. The maximum Gasteiger partial charge on any atom is 0.114 e. The molecule has 25 heavy (non-hydrogen) atoms. The summed E-state index contributed by atoms with van der Waals surface area (Å²) in [6.07, 6.45) is 3.54. The van der Waals surface area contributed by atoms with Gasteiger partial charge in [-0.2, -0.15) is 0 Å². The Morgan fingerprint density at radius 3 is 1.80 bits per heavy atom. The Kier molecular flexibility index (Phi) is 6.20. The zero-order valence-electron chi connectivity index (χ0n) is 18.0. The maximum absolute atomic E-state index is 2.65. The van der Waals surface area contributed by atoms with Gasteiger partial charge in [-0.1, -0.05) is 87.3 Å². The molecule has 1 aliphatic rings. The largest absolute Gasteiger partial charge is 0.114 e. The summed E-state index contributed by atoms with van der Waals surface area (Å²) in [7, 11) is -1.76. The van der Waals surface area contributed by atoms with Gasteiger partial charge in [-0.3, -0.25) is 0 Å². The quantitative estimate of drug-likeness (QED) is 0.496. The van der Waals surface area contributed by atoms with Crippen LogP contribution in [0.1, 0.15) is 72.9 Å². The molecule has 0 bridgehead atoms. The van der Waals surface area contributed by atoms with Crippen LogP contribution in [0.4, 0.5) is 0 Å². The first-order chi connectivity index (χ1) is 11.7. The van der Waals surface area contributed by atoms with E-state index in [1.54, 1.807) is 27.1 Å². The average Bonchev–Trinajstić information content (AvgIpc) is 2.83. The van der Waals surface area contributed by atoms with E-state index in [0.29, 0.717) is 5.92 Å². The van der Waals surface area contributed by atoms with E-state index in [-0.39, 0.29) is 0 Å². The molecule has 0 saturated carbocycles. The minimum atomic E-state index is -1.76. The summed E-state index contributed by atoms with van der Waals surface area (Å²) >= 11 is 0. The molecule has 0 radical (unpaired) electrons. The van der Waals surface area contributed by atoms with Gasteiger partial charge in [0.05, 0.1) is 0 Å². The molecule has 3 unspecified atom stereocenters. The van der Waals surface area contributed by atoms with Crippen LogP contribution >= 0.6 is 0 Å². The molecule has 1 heteroatoms. The monoisotopic (exact) mass is 354 g/mol. The van der Waals surface area contributed by atoms with Gasteiger partial charge in [0.15, 0.2) is 0 Å². The summed E-state index contributed by atoms with van der Waals surface area (Å²) in [4.78, 5) is 0. The molecule has 3 atom stereocenters. The summed E-state index contributed by atoms with van der Waals surface area (Å²) in [6, 6.07) is 7.52. The van der Waals surface area contributed by atoms with Gasteiger partial charge in [0.1, 0.15) is 8.07 Å². The lowest BCUT2D eigenvalue weighted by Gasteiger charge is -2.39. The second-order valence-corrected chi connectivity index (χ2v) is 12.8. The number of rotatable bonds is 6. The highest BCUT2D eigenvalue weighted by Crippen LogP contribution is 2.45. The molecule has 0 heterocycles. The first kappa shape index (κ1) is 20.2. The van der Waals surface area contributed by atoms with Crippen LogP contribution in [-0.4, -0.2) is 8.07 Å². The van der Waals surface area contributed by atoms with Gasteiger partial charge < -0.3 is 0 Å². The van der Waals surface area contributed by atoms with Gasteiger partial charge in [0, 0.05) is 0 Å². The molecule has 138 valence electrons. The number of aryl methyl sites for hydroxylation is 2. The van der Waals surface area contributed by atoms with Crippen LogP contribution in [0.25, 0.3) is 0 Å². The Balaban J connectivity index is 2.74. The van der Waals surface area contributed by atoms with E-state index >= 15 is 0 Å². The van der Waals surface area contributed by atoms with E-state index in [2.05, 4.69) is 80.1 Å². The van der Waals surface area contributed by atoms with E-state index < -0.39 is 8.07 Å². The lowest BCUT2D eigenvalue weighted by atomic mass is 10.1. The molecule has 0 aliphatic heterocycles. The Bertz CT molecular complexity index is 685. The van der Waals surface area contributed by atoms with Crippen molar-refractivity contribution in [2.75, 3.05) is 0 Å². The predicted molar refractivity (Wildman–Crippen MR) is 116 cm³/mol. The zero-order valence-corrected chi connectivity index (χ0v) is 19.0. The number of hydrogen-bond donors (Lipinski definition) is 0. The van der Waals surface area contributed by atoms with Gasteiger partial charge in [-0.25, -0.2) is 0 Å². The smallest absolute Gasteiger partial charge is 0.0657 e. The second kappa shape index (κ2) is 7.66. The fourth-order valence-electron chi connectivity index (χ4n) is 4.79. The van der Waals surface area contributed by atoms with E-state index in [1.165, 1.54) is 17.5 Å². The van der Waals surface area contributed by atoms with Crippen LogP contribution in [0, 0.1) is 5.92 Å². The molecule has 0 aromatic heterocycles. The van der Waals surface area contributed by atoms with E-state index in [4.69, 9.17) is 0 Å². The standard InChI is InChI=1S/C24H38Si/c1-10-16(4)25(9,24-19(7)17(5)18(6)20(24)8)23-14-21(11-2)13-22(12-3)15-23/h13-16,19H,10-12H2,1-9H3. The Labute approximate surface area is 157 Å². The van der Waals surface area contributed by atoms with Crippen molar-refractivity contribution in [3.63, 3.8) is 0 Å². The van der Waals surface area contributed by atoms with Crippen molar-refractivity contribution in [3.05, 3.63) is 51.2 Å². The molecule has 0 amide bonds. The molecular weight excluding hydrogens is 316 g/mol. The number of allylic oxidation sites excluding steroid dienone is 4. The third-order valence-electron chi connectivity index (χ3n) is 7.27. The molecule has 0 nitrogen and oxygen atoms in total. The first-order valence-corrected chi connectivity index (χ1v) is 12.8.